The van der Waals surface area contributed by atoms with E-state index in [0.717, 1.165) is 44.5 Å². The molecule has 17 heavy (non-hydrogen) atoms. The van der Waals surface area contributed by atoms with Gasteiger partial charge in [0.1, 0.15) is 0 Å². The van der Waals surface area contributed by atoms with E-state index in [1.807, 2.05) is 18.2 Å². The monoisotopic (exact) mass is 273 g/mol. The van der Waals surface area contributed by atoms with E-state index < -0.39 is 0 Å². The third-order valence-corrected chi connectivity index (χ3v) is 4.01. The Bertz CT molecular complexity index is 367. The molecule has 2 nitrogen and oxygen atoms in total. The van der Waals surface area contributed by atoms with Crippen molar-refractivity contribution in [2.24, 2.45) is 5.73 Å². The summed E-state index contributed by atoms with van der Waals surface area (Å²) in [5, 5.41) is 1.40. The van der Waals surface area contributed by atoms with Gasteiger partial charge in [-0.25, -0.2) is 0 Å². The Kier molecular flexibility index (Phi) is 4.31. The first kappa shape index (κ1) is 13.2. The first-order valence-corrected chi connectivity index (χ1v) is 6.66. The summed E-state index contributed by atoms with van der Waals surface area (Å²) in [5.74, 6) is 0. The van der Waals surface area contributed by atoms with Crippen LogP contribution in [0, 0.1) is 0 Å². The van der Waals surface area contributed by atoms with E-state index in [1.165, 1.54) is 0 Å². The number of nitrogens with two attached hydrogens (primary N) is 1. The zero-order chi connectivity index (χ0) is 12.3. The molecule has 0 amide bonds. The van der Waals surface area contributed by atoms with Gasteiger partial charge in [0.2, 0.25) is 0 Å². The molecule has 0 radical (unpaired) electrons. The summed E-state index contributed by atoms with van der Waals surface area (Å²) < 4.78 is 5.44. The van der Waals surface area contributed by atoms with Gasteiger partial charge in [0, 0.05) is 28.8 Å². The maximum absolute atomic E-state index is 6.43. The topological polar surface area (TPSA) is 35.2 Å². The van der Waals surface area contributed by atoms with Crippen molar-refractivity contribution in [1.82, 2.24) is 0 Å². The number of benzene rings is 1. The summed E-state index contributed by atoms with van der Waals surface area (Å²) in [6.45, 7) is 1.52. The number of rotatable bonds is 2. The summed E-state index contributed by atoms with van der Waals surface area (Å²) in [7, 11) is 0. The Labute approximate surface area is 112 Å². The van der Waals surface area contributed by atoms with Crippen LogP contribution in [-0.4, -0.2) is 18.8 Å². The zero-order valence-corrected chi connectivity index (χ0v) is 11.2. The highest BCUT2D eigenvalue weighted by atomic mass is 35.5. The molecule has 1 saturated heterocycles. The molecule has 2 N–H and O–H groups in total. The highest BCUT2D eigenvalue weighted by Crippen LogP contribution is 2.31. The predicted octanol–water partition coefficient (Wildman–Crippen LogP) is 3.43. The molecule has 4 heteroatoms. The van der Waals surface area contributed by atoms with Gasteiger partial charge in [-0.15, -0.1) is 0 Å². The van der Waals surface area contributed by atoms with Crippen molar-refractivity contribution in [3.05, 3.63) is 33.8 Å². The Balaban J connectivity index is 2.18. The molecule has 1 aliphatic rings. The highest BCUT2D eigenvalue weighted by molar-refractivity contribution is 6.36. The number of hydrogen-bond acceptors (Lipinski definition) is 2. The average Bonchev–Trinajstić information content (AvgIpc) is 2.49. The van der Waals surface area contributed by atoms with Crippen molar-refractivity contribution in [1.29, 1.82) is 0 Å². The Morgan fingerprint density at radius 2 is 1.88 bits per heavy atom. The lowest BCUT2D eigenvalue weighted by atomic mass is 9.85. The van der Waals surface area contributed by atoms with E-state index >= 15 is 0 Å². The molecule has 2 rings (SSSR count). The minimum atomic E-state index is -0.245. The summed E-state index contributed by atoms with van der Waals surface area (Å²) in [6, 6.07) is 5.58. The second kappa shape index (κ2) is 5.57. The summed E-state index contributed by atoms with van der Waals surface area (Å²) in [6.07, 6.45) is 3.52. The van der Waals surface area contributed by atoms with Crippen LogP contribution >= 0.6 is 23.2 Å². The fraction of sp³-hybridized carbons (Fsp3) is 0.538. The SMILES string of the molecule is NC1(Cc2c(Cl)cccc2Cl)CCCOCC1. The van der Waals surface area contributed by atoms with Crippen LogP contribution in [-0.2, 0) is 11.2 Å². The molecule has 0 bridgehead atoms. The van der Waals surface area contributed by atoms with Crippen molar-refractivity contribution in [2.75, 3.05) is 13.2 Å². The van der Waals surface area contributed by atoms with E-state index in [1.54, 1.807) is 0 Å². The average molecular weight is 274 g/mol. The first-order chi connectivity index (χ1) is 8.11. The maximum atomic E-state index is 6.43. The van der Waals surface area contributed by atoms with Crippen molar-refractivity contribution < 1.29 is 4.74 Å². The Morgan fingerprint density at radius 3 is 2.59 bits per heavy atom. The molecular weight excluding hydrogens is 257 g/mol. The first-order valence-electron chi connectivity index (χ1n) is 5.90. The lowest BCUT2D eigenvalue weighted by Gasteiger charge is -2.28. The van der Waals surface area contributed by atoms with E-state index in [2.05, 4.69) is 0 Å². The van der Waals surface area contributed by atoms with Gasteiger partial charge in [0.25, 0.3) is 0 Å². The molecule has 1 fully saturated rings. The molecule has 0 saturated carbocycles. The lowest BCUT2D eigenvalue weighted by Crippen LogP contribution is -2.42. The van der Waals surface area contributed by atoms with Crippen molar-refractivity contribution in [2.45, 2.75) is 31.2 Å². The highest BCUT2D eigenvalue weighted by Gasteiger charge is 2.28. The summed E-state index contributed by atoms with van der Waals surface area (Å²) in [5.41, 5.74) is 7.15. The van der Waals surface area contributed by atoms with Gasteiger partial charge in [-0.05, 0) is 43.4 Å². The van der Waals surface area contributed by atoms with Gasteiger partial charge < -0.3 is 10.5 Å². The third kappa shape index (κ3) is 3.35. The van der Waals surface area contributed by atoms with E-state index in [4.69, 9.17) is 33.7 Å². The molecular formula is C13H17Cl2NO. The number of halogens is 2. The van der Waals surface area contributed by atoms with Gasteiger partial charge in [-0.3, -0.25) is 0 Å². The molecule has 1 unspecified atom stereocenters. The van der Waals surface area contributed by atoms with Crippen LogP contribution in [0.3, 0.4) is 0 Å². The smallest absolute Gasteiger partial charge is 0.0483 e. The van der Waals surface area contributed by atoms with Gasteiger partial charge >= 0.3 is 0 Å². The third-order valence-electron chi connectivity index (χ3n) is 3.30. The van der Waals surface area contributed by atoms with Gasteiger partial charge in [0.15, 0.2) is 0 Å². The van der Waals surface area contributed by atoms with Crippen LogP contribution in [0.1, 0.15) is 24.8 Å². The molecule has 0 spiro atoms. The normalized spacial score (nSPS) is 25.6. The van der Waals surface area contributed by atoms with Crippen molar-refractivity contribution in [3.63, 3.8) is 0 Å². The van der Waals surface area contributed by atoms with E-state index in [-0.39, 0.29) is 5.54 Å². The second-order valence-electron chi connectivity index (χ2n) is 4.71. The second-order valence-corrected chi connectivity index (χ2v) is 5.52. The summed E-state index contributed by atoms with van der Waals surface area (Å²) in [4.78, 5) is 0. The van der Waals surface area contributed by atoms with Crippen LogP contribution in [0.15, 0.2) is 18.2 Å². The van der Waals surface area contributed by atoms with Crippen LogP contribution in [0.25, 0.3) is 0 Å². The van der Waals surface area contributed by atoms with E-state index in [9.17, 15) is 0 Å². The van der Waals surface area contributed by atoms with Crippen LogP contribution in [0.2, 0.25) is 10.0 Å². The minimum absolute atomic E-state index is 0.245. The fourth-order valence-corrected chi connectivity index (χ4v) is 2.79. The predicted molar refractivity (Wildman–Crippen MR) is 71.8 cm³/mol. The molecule has 94 valence electrons. The standard InChI is InChI=1S/C13H17Cl2NO/c14-11-3-1-4-12(15)10(11)9-13(16)5-2-7-17-8-6-13/h1,3-4H,2,5-9,16H2. The van der Waals surface area contributed by atoms with Gasteiger partial charge in [0.05, 0.1) is 0 Å². The molecule has 0 aliphatic carbocycles. The largest absolute Gasteiger partial charge is 0.381 e. The minimum Gasteiger partial charge on any atom is -0.381 e. The van der Waals surface area contributed by atoms with Gasteiger partial charge in [-0.1, -0.05) is 29.3 Å². The maximum Gasteiger partial charge on any atom is 0.0483 e. The Morgan fingerprint density at radius 1 is 1.18 bits per heavy atom. The van der Waals surface area contributed by atoms with Crippen LogP contribution < -0.4 is 5.73 Å². The zero-order valence-electron chi connectivity index (χ0n) is 9.72. The molecule has 0 aromatic heterocycles. The van der Waals surface area contributed by atoms with Crippen molar-refractivity contribution in [3.8, 4) is 0 Å². The Hall–Kier alpha value is -0.280. The number of hydrogen-bond donors (Lipinski definition) is 1. The number of ether oxygens (including phenoxy) is 1. The quantitative estimate of drug-likeness (QED) is 0.896. The van der Waals surface area contributed by atoms with Crippen molar-refractivity contribution >= 4 is 23.2 Å². The van der Waals surface area contributed by atoms with Crippen LogP contribution in [0.4, 0.5) is 0 Å². The van der Waals surface area contributed by atoms with Gasteiger partial charge in [-0.2, -0.15) is 0 Å². The van der Waals surface area contributed by atoms with E-state index in [0.29, 0.717) is 10.0 Å². The molecule has 1 aromatic rings. The molecule has 1 atom stereocenters. The van der Waals surface area contributed by atoms with Crippen LogP contribution in [0.5, 0.6) is 0 Å². The lowest BCUT2D eigenvalue weighted by molar-refractivity contribution is 0.139. The fourth-order valence-electron chi connectivity index (χ4n) is 2.26. The summed E-state index contributed by atoms with van der Waals surface area (Å²) >= 11 is 12.4. The molecule has 1 aromatic carbocycles. The molecule has 1 heterocycles. The molecule has 1 aliphatic heterocycles.